The fourth-order valence-electron chi connectivity index (χ4n) is 13.1. The van der Waals surface area contributed by atoms with Crippen LogP contribution in [0.5, 0.6) is 17.2 Å². The molecule has 1 atom stereocenters. The van der Waals surface area contributed by atoms with Gasteiger partial charge in [-0.3, -0.25) is 14.6 Å². The first-order valence-electron chi connectivity index (χ1n) is 32.5. The highest BCUT2D eigenvalue weighted by Gasteiger charge is 2.26. The van der Waals surface area contributed by atoms with E-state index < -0.39 is 0 Å². The predicted molar refractivity (Wildman–Crippen MR) is 381 cm³/mol. The van der Waals surface area contributed by atoms with E-state index in [1.54, 1.807) is 27.3 Å². The number of H-pyrrole nitrogens is 6. The number of pyridine rings is 1. The van der Waals surface area contributed by atoms with Crippen LogP contribution in [0.15, 0.2) is 161 Å². The van der Waals surface area contributed by atoms with Gasteiger partial charge in [-0.05, 0) is 189 Å². The van der Waals surface area contributed by atoms with Crippen LogP contribution >= 0.6 is 11.3 Å². The molecular formula is C79H77N11O5S. The van der Waals surface area contributed by atoms with Gasteiger partial charge in [-0.15, -0.1) is 11.3 Å². The van der Waals surface area contributed by atoms with Gasteiger partial charge >= 0.3 is 0 Å². The molecule has 0 bridgehead atoms. The van der Waals surface area contributed by atoms with E-state index in [0.717, 1.165) is 145 Å². The molecule has 1 unspecified atom stereocenters. The van der Waals surface area contributed by atoms with Crippen molar-refractivity contribution in [3.63, 3.8) is 0 Å². The molecule has 11 aromatic rings. The zero-order chi connectivity index (χ0) is 66.7. The number of nitrogens with zero attached hydrogens (tertiary/aromatic N) is 4. The molecule has 96 heavy (non-hydrogen) atoms. The summed E-state index contributed by atoms with van der Waals surface area (Å²) < 4.78 is 17.2. The molecule has 0 aliphatic carbocycles. The summed E-state index contributed by atoms with van der Waals surface area (Å²) in [6.45, 7) is 17.8. The van der Waals surface area contributed by atoms with Gasteiger partial charge in [0.2, 0.25) is 5.78 Å². The Balaban J connectivity index is 0.000000132. The second kappa shape index (κ2) is 27.6. The van der Waals surface area contributed by atoms with Crippen LogP contribution in [0.3, 0.4) is 0 Å². The molecule has 4 aliphatic heterocycles. The molecule has 17 heteroatoms. The number of Topliss-reactive ketones (excluding diaryl/α,β-unsaturated/α-hetero) is 2. The normalized spacial score (nSPS) is 16.7. The van der Waals surface area contributed by atoms with Crippen LogP contribution in [0.2, 0.25) is 0 Å². The third-order valence-electron chi connectivity index (χ3n) is 17.6. The zero-order valence-corrected chi connectivity index (χ0v) is 56.5. The third kappa shape index (κ3) is 13.2. The summed E-state index contributed by atoms with van der Waals surface area (Å²) >= 11 is 1.44. The summed E-state index contributed by atoms with van der Waals surface area (Å²) in [6, 6.07) is 46.4. The molecule has 0 radical (unpaired) electrons. The number of hydrogen-bond acceptors (Lipinski definition) is 11. The Morgan fingerprint density at radius 1 is 0.552 bits per heavy atom. The van der Waals surface area contributed by atoms with E-state index in [0.29, 0.717) is 51.6 Å². The summed E-state index contributed by atoms with van der Waals surface area (Å²) in [5.41, 5.74) is 15.7. The van der Waals surface area contributed by atoms with Crippen molar-refractivity contribution < 1.29 is 23.8 Å². The molecule has 16 nitrogen and oxygen atoms in total. The first-order valence-corrected chi connectivity index (χ1v) is 33.3. The van der Waals surface area contributed by atoms with E-state index in [4.69, 9.17) is 29.2 Å². The highest BCUT2D eigenvalue weighted by atomic mass is 32.1. The van der Waals surface area contributed by atoms with Crippen LogP contribution in [-0.2, 0) is 4.79 Å². The molecule has 484 valence electrons. The first kappa shape index (κ1) is 63.9. The van der Waals surface area contributed by atoms with E-state index >= 15 is 0 Å². The SMILES string of the molecule is CCOc1cc(=C2N=c3ccccc3=C2CCC2CCCN2)[nH]/c1=C\c1[nH]c(C)cc1C.COc1cc(=C2N=c3ccccc3=C2C(=O)c2ccc(-c3ccccn3)s2)[nH]/c1=C\c1[nH]c(C)cc1C.COc1cc(=C2N=c3ccccc3=C2C(C)=O)[nH]/c1=C\c1[nH]c(C)cc1C. The Morgan fingerprint density at radius 3 is 1.52 bits per heavy atom. The van der Waals surface area contributed by atoms with E-state index in [2.05, 4.69) is 123 Å². The van der Waals surface area contributed by atoms with E-state index in [1.807, 2.05) is 124 Å². The number of nitrogens with one attached hydrogen (secondary N) is 7. The van der Waals surface area contributed by atoms with Crippen molar-refractivity contribution in [1.82, 2.24) is 40.2 Å². The molecule has 1 fully saturated rings. The summed E-state index contributed by atoms with van der Waals surface area (Å²) in [5.74, 6) is 2.18. The maximum absolute atomic E-state index is 14.0. The third-order valence-corrected chi connectivity index (χ3v) is 18.7. The van der Waals surface area contributed by atoms with Crippen molar-refractivity contribution in [2.24, 2.45) is 15.0 Å². The predicted octanol–water partition coefficient (Wildman–Crippen LogP) is 6.69. The maximum Gasteiger partial charge on any atom is 0.205 e. The lowest BCUT2D eigenvalue weighted by molar-refractivity contribution is -0.111. The molecule has 0 saturated carbocycles. The van der Waals surface area contributed by atoms with Crippen molar-refractivity contribution in [2.75, 3.05) is 27.4 Å². The van der Waals surface area contributed by atoms with Gasteiger partial charge in [0, 0.05) is 80.3 Å². The largest absolute Gasteiger partial charge is 0.494 e. The lowest BCUT2D eigenvalue weighted by Gasteiger charge is -2.11. The monoisotopic (exact) mass is 1290 g/mol. The molecule has 4 aliphatic rings. The maximum atomic E-state index is 14.0. The number of fused-ring (bicyclic) bond motifs is 3. The van der Waals surface area contributed by atoms with Crippen molar-refractivity contribution in [1.29, 1.82) is 0 Å². The van der Waals surface area contributed by atoms with Crippen LogP contribution in [0.4, 0.5) is 0 Å². The molecule has 0 spiro atoms. The van der Waals surface area contributed by atoms with Gasteiger partial charge in [-0.1, -0.05) is 60.7 Å². The molecular weight excluding hydrogens is 1220 g/mol. The molecule has 1 saturated heterocycles. The van der Waals surface area contributed by atoms with E-state index in [9.17, 15) is 9.59 Å². The Labute approximate surface area is 558 Å². The zero-order valence-electron chi connectivity index (χ0n) is 55.6. The minimum atomic E-state index is -0.0641. The van der Waals surface area contributed by atoms with Crippen LogP contribution in [0.1, 0.15) is 100 Å². The van der Waals surface area contributed by atoms with E-state index in [-0.39, 0.29) is 11.6 Å². The second-order valence-electron chi connectivity index (χ2n) is 24.6. The van der Waals surface area contributed by atoms with Gasteiger partial charge in [0.1, 0.15) is 17.2 Å². The number of hydrogen-bond donors (Lipinski definition) is 7. The smallest absolute Gasteiger partial charge is 0.205 e. The number of aryl methyl sites for hydroxylation is 6. The number of aromatic nitrogens is 7. The Morgan fingerprint density at radius 2 is 1.03 bits per heavy atom. The van der Waals surface area contributed by atoms with Gasteiger partial charge in [-0.2, -0.15) is 0 Å². The molecule has 15 rings (SSSR count). The quantitative estimate of drug-likeness (QED) is 0.0585. The fraction of sp³-hybridized carbons (Fsp3) is 0.215. The van der Waals surface area contributed by atoms with Gasteiger partial charge in [0.15, 0.2) is 5.78 Å². The Bertz CT molecular complexity index is 5690. The van der Waals surface area contributed by atoms with Gasteiger partial charge < -0.3 is 49.4 Å². The molecule has 12 heterocycles. The minimum Gasteiger partial charge on any atom is -0.494 e. The van der Waals surface area contributed by atoms with Crippen molar-refractivity contribution >= 4 is 74.9 Å². The molecule has 7 N–H and O–H groups in total. The molecule has 8 aromatic heterocycles. The average Bonchev–Trinajstić information content (AvgIpc) is 1.63. The van der Waals surface area contributed by atoms with Gasteiger partial charge in [0.05, 0.1) is 113 Å². The lowest BCUT2D eigenvalue weighted by atomic mass is 10.0. The fourth-order valence-corrected chi connectivity index (χ4v) is 14.1. The number of para-hydroxylation sites is 3. The topological polar surface area (TPSA) is 219 Å². The van der Waals surface area contributed by atoms with E-state index in [1.165, 1.54) is 40.5 Å². The number of benzene rings is 3. The highest BCUT2D eigenvalue weighted by Crippen LogP contribution is 2.31. The number of aromatic amines is 6. The number of thiophene rings is 1. The number of ether oxygens (including phenoxy) is 3. The Hall–Kier alpha value is -10.9. The molecule has 3 aromatic carbocycles. The standard InChI is InChI=1S/C30H24N4O2S.C27H32N4O.C22H21N3O2/c1-17-14-18(2)32-22(17)15-23-25(36-3)16-24(33-23)29-28(19-8-4-5-9-20(19)34-29)30(35)27-12-11-26(37-27)21-10-6-7-13-31-21;1-4-32-26-16-25(30-24(26)15-23-17(2)14-18(3)29-23)27-21(12-11-19-8-7-13-28-19)20-9-5-6-10-22(20)31-27;1-12-9-13(2)23-17(12)10-18-20(27-4)11-19(24-18)22-21(14(3)26)15-7-5-6-8-16(15)25-22/h4-16,32-33H,1-3H3;5-6,9-10,14-16,19,28-30H,4,7-8,11-13H2,1-3H3;5-11,23-24H,1-4H3/b23-15-,29-24?;24-15-,27-25?;18-10-,22-19?. The average molecular weight is 1290 g/mol. The number of carbonyl (C=O) groups is 2. The summed E-state index contributed by atoms with van der Waals surface area (Å²) in [4.78, 5) is 67.5. The van der Waals surface area contributed by atoms with Crippen molar-refractivity contribution in [3.8, 4) is 27.8 Å². The Kier molecular flexibility index (Phi) is 18.4. The highest BCUT2D eigenvalue weighted by molar-refractivity contribution is 7.17. The minimum absolute atomic E-state index is 0.00589. The lowest BCUT2D eigenvalue weighted by Crippen LogP contribution is -2.24. The summed E-state index contributed by atoms with van der Waals surface area (Å²) in [7, 11) is 3.28. The summed E-state index contributed by atoms with van der Waals surface area (Å²) in [5, 5.41) is 14.4. The van der Waals surface area contributed by atoms with Gasteiger partial charge in [0.25, 0.3) is 0 Å². The van der Waals surface area contributed by atoms with Crippen LogP contribution in [-0.4, -0.2) is 79.9 Å². The second-order valence-corrected chi connectivity index (χ2v) is 25.6. The number of methoxy groups -OCH3 is 2. The van der Waals surface area contributed by atoms with Crippen molar-refractivity contribution in [2.45, 2.75) is 87.1 Å². The van der Waals surface area contributed by atoms with Crippen LogP contribution in [0, 0.1) is 41.5 Å². The first-order chi connectivity index (χ1) is 46.6. The number of ketones is 2. The molecule has 0 amide bonds. The number of carbonyl (C=O) groups excluding carboxylic acids is 2. The summed E-state index contributed by atoms with van der Waals surface area (Å²) in [6.07, 6.45) is 12.6. The van der Waals surface area contributed by atoms with Crippen molar-refractivity contribution in [3.05, 3.63) is 265 Å². The van der Waals surface area contributed by atoms with Crippen LogP contribution < -0.4 is 83.3 Å². The van der Waals surface area contributed by atoms with Gasteiger partial charge in [-0.25, -0.2) is 15.0 Å². The van der Waals surface area contributed by atoms with Crippen LogP contribution in [0.25, 0.3) is 62.6 Å². The number of rotatable bonds is 14.